The minimum absolute atomic E-state index is 0.350. The number of aliphatic carboxylic acids is 1. The van der Waals surface area contributed by atoms with Crippen LogP contribution in [0.3, 0.4) is 0 Å². The van der Waals surface area contributed by atoms with E-state index in [4.69, 9.17) is 5.11 Å². The second-order valence-corrected chi connectivity index (χ2v) is 15.4. The van der Waals surface area contributed by atoms with Crippen LogP contribution in [0.25, 0.3) is 0 Å². The molecule has 0 rings (SSSR count). The Bertz CT molecular complexity index is 501. The maximum absolute atomic E-state index is 10.2. The van der Waals surface area contributed by atoms with Gasteiger partial charge in [-0.25, -0.2) is 0 Å². The van der Waals surface area contributed by atoms with E-state index < -0.39 is 5.97 Å². The maximum Gasteiger partial charge on any atom is 0.317 e. The van der Waals surface area contributed by atoms with Gasteiger partial charge in [0.05, 0.1) is 0 Å². The van der Waals surface area contributed by atoms with Crippen molar-refractivity contribution in [2.24, 2.45) is 0 Å². The quantitative estimate of drug-likeness (QED) is 0.0514. The zero-order valence-electron chi connectivity index (χ0n) is 32.2. The molecule has 0 fully saturated rings. The Kier molecular flexibility index (Phi) is 44.8. The van der Waals surface area contributed by atoms with Gasteiger partial charge in [-0.15, -0.1) is 0 Å². The molecule has 3 nitrogen and oxygen atoms in total. The molecule has 0 saturated heterocycles. The van der Waals surface area contributed by atoms with Crippen molar-refractivity contribution in [1.29, 1.82) is 0 Å². The fourth-order valence-corrected chi connectivity index (χ4v) is 6.63. The van der Waals surface area contributed by atoms with Crippen molar-refractivity contribution in [3.63, 3.8) is 0 Å². The molecule has 1 N–H and O–H groups in total. The van der Waals surface area contributed by atoms with E-state index in [0.717, 1.165) is 19.3 Å². The molecular weight excluding hydrogens is 630 g/mol. The van der Waals surface area contributed by atoms with Gasteiger partial charge in [-0.3, -0.25) is 4.79 Å². The fourth-order valence-electron chi connectivity index (χ4n) is 6.31. The first-order valence-electron chi connectivity index (χ1n) is 21.1. The van der Waals surface area contributed by atoms with Crippen LogP contribution in [-0.2, 0) is 4.79 Å². The van der Waals surface area contributed by atoms with Gasteiger partial charge < -0.3 is 10.0 Å². The second kappa shape index (κ2) is 42.9. The number of halogens is 1. The number of nitrogens with zero attached hydrogens (tertiary/aromatic N) is 1. The van der Waals surface area contributed by atoms with Crippen LogP contribution in [0.2, 0.25) is 0 Å². The number of hydrogen-bond acceptors (Lipinski definition) is 2. The summed E-state index contributed by atoms with van der Waals surface area (Å²) in [6.07, 6.45) is 46.4. The minimum Gasteiger partial charge on any atom is -0.480 e. The number of alkyl halides is 1. The lowest BCUT2D eigenvalue weighted by molar-refractivity contribution is -0.136. The first-order chi connectivity index (χ1) is 22.5. The molecule has 0 aromatic carbocycles. The Morgan fingerprint density at radius 1 is 0.413 bits per heavy atom. The summed E-state index contributed by atoms with van der Waals surface area (Å²) in [5, 5.41) is 8.36. The Morgan fingerprint density at radius 2 is 0.630 bits per heavy atom. The van der Waals surface area contributed by atoms with Gasteiger partial charge in [0, 0.05) is 0 Å². The zero-order valence-corrected chi connectivity index (χ0v) is 33.8. The van der Waals surface area contributed by atoms with Crippen LogP contribution in [-0.4, -0.2) is 40.4 Å². The van der Waals surface area contributed by atoms with E-state index in [2.05, 4.69) is 41.6 Å². The van der Waals surface area contributed by atoms with Crippen LogP contribution in [0.5, 0.6) is 0 Å². The van der Waals surface area contributed by atoms with Gasteiger partial charge in [-0.2, -0.15) is 0 Å². The number of unbranched alkanes of at least 4 members (excludes halogenated alkanes) is 28. The smallest absolute Gasteiger partial charge is 0.317 e. The summed E-state index contributed by atoms with van der Waals surface area (Å²) in [5.74, 6) is -0.761. The van der Waals surface area contributed by atoms with E-state index in [1.54, 1.807) is 0 Å². The van der Waals surface area contributed by atoms with E-state index in [1.165, 1.54) is 212 Å². The van der Waals surface area contributed by atoms with Gasteiger partial charge >= 0.3 is 5.97 Å². The third-order valence-corrected chi connectivity index (χ3v) is 10.4. The van der Waals surface area contributed by atoms with E-state index in [0.29, 0.717) is 0 Å². The molecule has 0 amide bonds. The lowest BCUT2D eigenvalue weighted by Crippen LogP contribution is -2.27. The number of hydrogen-bond donors (Lipinski definition) is 1. The van der Waals surface area contributed by atoms with Crippen LogP contribution in [0.4, 0.5) is 0 Å². The summed E-state index contributed by atoms with van der Waals surface area (Å²) in [4.78, 5) is 12.7. The molecule has 0 aromatic heterocycles. The first-order valence-corrected chi connectivity index (χ1v) is 22.0. The van der Waals surface area contributed by atoms with E-state index in [1.807, 2.05) is 6.92 Å². The van der Waals surface area contributed by atoms with Crippen LogP contribution in [0.15, 0.2) is 0 Å². The van der Waals surface area contributed by atoms with E-state index in [9.17, 15) is 4.79 Å². The predicted octanol–water partition coefficient (Wildman–Crippen LogP) is 15.1. The molecule has 0 aliphatic rings. The zero-order chi connectivity index (χ0) is 34.2. The Balaban J connectivity index is 0. The summed E-state index contributed by atoms with van der Waals surface area (Å²) in [6.45, 7) is 13.1. The van der Waals surface area contributed by atoms with E-state index in [-0.39, 0.29) is 4.83 Å². The standard InChI is InChI=1S/C36H75N.C6H11BrO2/c1-4-7-10-13-16-19-22-25-28-31-34-37(35-32-29-26-23-20-17-14-11-8-5-2)36-33-30-27-24-21-18-15-12-9-6-3;1-2-3-4-5(7)6(8)9/h4-36H2,1-3H3;5H,2-4H2,1H3,(H,8,9). The van der Waals surface area contributed by atoms with Gasteiger partial charge in [0.1, 0.15) is 4.83 Å². The SMILES string of the molecule is CCCCC(Br)C(=O)O.CCCCCCCCCCCCN(CCCCCCCCCCCC)CCCCCCCCCCCC. The molecule has 278 valence electrons. The van der Waals surface area contributed by atoms with Crippen LogP contribution in [0, 0.1) is 0 Å². The van der Waals surface area contributed by atoms with Gasteiger partial charge in [-0.1, -0.05) is 230 Å². The van der Waals surface area contributed by atoms with Crippen molar-refractivity contribution >= 4 is 21.9 Å². The Hall–Kier alpha value is -0.0900. The van der Waals surface area contributed by atoms with Crippen molar-refractivity contribution in [1.82, 2.24) is 4.90 Å². The Morgan fingerprint density at radius 3 is 0.848 bits per heavy atom. The molecular formula is C42H86BrNO2. The molecule has 46 heavy (non-hydrogen) atoms. The third-order valence-electron chi connectivity index (χ3n) is 9.56. The van der Waals surface area contributed by atoms with Gasteiger partial charge in [-0.05, 0) is 45.3 Å². The molecule has 0 radical (unpaired) electrons. The second-order valence-electron chi connectivity index (χ2n) is 14.3. The number of carbonyl (C=O) groups is 1. The number of carboxylic acids is 1. The normalized spacial score (nSPS) is 12.0. The topological polar surface area (TPSA) is 40.5 Å². The van der Waals surface area contributed by atoms with Gasteiger partial charge in [0.15, 0.2) is 0 Å². The molecule has 0 aliphatic heterocycles. The molecule has 0 spiro atoms. The number of carboxylic acid groups (broad SMARTS) is 1. The average Bonchev–Trinajstić information content (AvgIpc) is 3.05. The van der Waals surface area contributed by atoms with Crippen molar-refractivity contribution in [3.8, 4) is 0 Å². The Labute approximate surface area is 299 Å². The van der Waals surface area contributed by atoms with Crippen LogP contribution in [0.1, 0.15) is 240 Å². The number of rotatable bonds is 37. The van der Waals surface area contributed by atoms with Crippen molar-refractivity contribution in [3.05, 3.63) is 0 Å². The maximum atomic E-state index is 10.2. The summed E-state index contributed by atoms with van der Waals surface area (Å²) in [6, 6.07) is 0. The lowest BCUT2D eigenvalue weighted by atomic mass is 10.1. The monoisotopic (exact) mass is 716 g/mol. The molecule has 0 bridgehead atoms. The highest BCUT2D eigenvalue weighted by molar-refractivity contribution is 9.10. The summed E-state index contributed by atoms with van der Waals surface area (Å²) in [7, 11) is 0. The molecule has 0 aliphatic carbocycles. The first kappa shape index (κ1) is 48.0. The highest BCUT2D eigenvalue weighted by Crippen LogP contribution is 2.15. The summed E-state index contributed by atoms with van der Waals surface area (Å²) >= 11 is 3.04. The van der Waals surface area contributed by atoms with Crippen LogP contribution >= 0.6 is 15.9 Å². The fraction of sp³-hybridized carbons (Fsp3) is 0.976. The van der Waals surface area contributed by atoms with Crippen molar-refractivity contribution in [2.75, 3.05) is 19.6 Å². The highest BCUT2D eigenvalue weighted by Gasteiger charge is 2.10. The lowest BCUT2D eigenvalue weighted by Gasteiger charge is -2.22. The molecule has 1 unspecified atom stereocenters. The molecule has 4 heteroatoms. The van der Waals surface area contributed by atoms with Gasteiger partial charge in [0.25, 0.3) is 0 Å². The average molecular weight is 717 g/mol. The van der Waals surface area contributed by atoms with Gasteiger partial charge in [0.2, 0.25) is 0 Å². The largest absolute Gasteiger partial charge is 0.480 e. The summed E-state index contributed by atoms with van der Waals surface area (Å²) in [5.41, 5.74) is 0. The van der Waals surface area contributed by atoms with Crippen molar-refractivity contribution < 1.29 is 9.90 Å². The van der Waals surface area contributed by atoms with Crippen molar-refractivity contribution in [2.45, 2.75) is 244 Å². The minimum atomic E-state index is -0.761. The highest BCUT2D eigenvalue weighted by atomic mass is 79.9. The molecule has 0 aromatic rings. The van der Waals surface area contributed by atoms with E-state index >= 15 is 0 Å². The third kappa shape index (κ3) is 41.9. The molecule has 1 atom stereocenters. The summed E-state index contributed by atoms with van der Waals surface area (Å²) < 4.78 is 0. The molecule has 0 saturated carbocycles. The molecule has 0 heterocycles. The predicted molar refractivity (Wildman–Crippen MR) is 212 cm³/mol. The van der Waals surface area contributed by atoms with Crippen LogP contribution < -0.4 is 0 Å².